The van der Waals surface area contributed by atoms with E-state index < -0.39 is 0 Å². The van der Waals surface area contributed by atoms with Crippen LogP contribution in [0.1, 0.15) is 32.3 Å². The maximum absolute atomic E-state index is 5.71. The fraction of sp³-hybridized carbons (Fsp3) is 0.538. The van der Waals surface area contributed by atoms with Crippen LogP contribution in [0.15, 0.2) is 18.2 Å². The summed E-state index contributed by atoms with van der Waals surface area (Å²) in [7, 11) is 0. The zero-order valence-electron chi connectivity index (χ0n) is 10.2. The van der Waals surface area contributed by atoms with Crippen molar-refractivity contribution < 1.29 is 9.47 Å². The number of rotatable bonds is 7. The predicted octanol–water partition coefficient (Wildman–Crippen LogP) is 2.72. The molecule has 0 saturated carbocycles. The lowest BCUT2D eigenvalue weighted by Crippen LogP contribution is -2.09. The summed E-state index contributed by atoms with van der Waals surface area (Å²) >= 11 is 0. The lowest BCUT2D eigenvalue weighted by atomic mass is 10.1. The van der Waals surface area contributed by atoms with Gasteiger partial charge in [0, 0.05) is 5.56 Å². The molecular formula is C13H21NO2. The minimum Gasteiger partial charge on any atom is -0.493 e. The summed E-state index contributed by atoms with van der Waals surface area (Å²) in [5.41, 5.74) is 6.54. The van der Waals surface area contributed by atoms with Gasteiger partial charge in [-0.1, -0.05) is 26.3 Å². The second kappa shape index (κ2) is 7.12. The largest absolute Gasteiger partial charge is 0.493 e. The van der Waals surface area contributed by atoms with Gasteiger partial charge in [0.25, 0.3) is 0 Å². The van der Waals surface area contributed by atoms with E-state index in [-0.39, 0.29) is 6.73 Å². The van der Waals surface area contributed by atoms with Crippen molar-refractivity contribution in [3.05, 3.63) is 23.8 Å². The van der Waals surface area contributed by atoms with E-state index >= 15 is 0 Å². The van der Waals surface area contributed by atoms with Crippen molar-refractivity contribution in [3.63, 3.8) is 0 Å². The van der Waals surface area contributed by atoms with Crippen LogP contribution in [-0.4, -0.2) is 13.3 Å². The topological polar surface area (TPSA) is 44.5 Å². The van der Waals surface area contributed by atoms with Crippen LogP contribution in [0.3, 0.4) is 0 Å². The Labute approximate surface area is 97.6 Å². The van der Waals surface area contributed by atoms with Gasteiger partial charge in [0.05, 0.1) is 6.61 Å². The monoisotopic (exact) mass is 223 g/mol. The van der Waals surface area contributed by atoms with Gasteiger partial charge < -0.3 is 9.47 Å². The Morgan fingerprint density at radius 3 is 2.31 bits per heavy atom. The standard InChI is InChI=1S/C13H21NO2/c1-3-6-11-12(15-9-4-2)7-5-8-13(11)16-10-14/h5,7-8H,3-4,6,9-10,14H2,1-2H3. The summed E-state index contributed by atoms with van der Waals surface area (Å²) in [6.07, 6.45) is 3.02. The maximum Gasteiger partial charge on any atom is 0.137 e. The van der Waals surface area contributed by atoms with Crippen molar-refractivity contribution in [1.29, 1.82) is 0 Å². The molecule has 1 aromatic rings. The highest BCUT2D eigenvalue weighted by Crippen LogP contribution is 2.29. The van der Waals surface area contributed by atoms with Crippen LogP contribution in [-0.2, 0) is 6.42 Å². The minimum atomic E-state index is 0.202. The van der Waals surface area contributed by atoms with Gasteiger partial charge in [0.15, 0.2) is 0 Å². The molecule has 1 aromatic carbocycles. The van der Waals surface area contributed by atoms with Gasteiger partial charge in [-0.05, 0) is 25.0 Å². The molecule has 0 fully saturated rings. The second-order valence-electron chi connectivity index (χ2n) is 3.64. The van der Waals surface area contributed by atoms with Crippen LogP contribution in [0, 0.1) is 0 Å². The van der Waals surface area contributed by atoms with E-state index in [1.54, 1.807) is 0 Å². The predicted molar refractivity (Wildman–Crippen MR) is 65.9 cm³/mol. The van der Waals surface area contributed by atoms with E-state index in [0.29, 0.717) is 0 Å². The molecule has 0 aliphatic carbocycles. The number of hydrogen-bond acceptors (Lipinski definition) is 3. The van der Waals surface area contributed by atoms with Crippen molar-refractivity contribution >= 4 is 0 Å². The van der Waals surface area contributed by atoms with Gasteiger partial charge in [0.1, 0.15) is 18.2 Å². The van der Waals surface area contributed by atoms with E-state index in [9.17, 15) is 0 Å². The Hall–Kier alpha value is -1.22. The molecule has 3 nitrogen and oxygen atoms in total. The van der Waals surface area contributed by atoms with Crippen LogP contribution >= 0.6 is 0 Å². The van der Waals surface area contributed by atoms with Crippen LogP contribution in [0.5, 0.6) is 11.5 Å². The van der Waals surface area contributed by atoms with Gasteiger partial charge in [-0.25, -0.2) is 0 Å². The molecule has 2 N–H and O–H groups in total. The Kier molecular flexibility index (Phi) is 5.72. The molecule has 90 valence electrons. The lowest BCUT2D eigenvalue weighted by Gasteiger charge is -2.14. The van der Waals surface area contributed by atoms with Crippen molar-refractivity contribution in [1.82, 2.24) is 0 Å². The molecule has 0 amide bonds. The molecule has 0 bridgehead atoms. The first-order valence-corrected chi connectivity index (χ1v) is 5.91. The first-order chi connectivity index (χ1) is 7.83. The number of hydrogen-bond donors (Lipinski definition) is 1. The summed E-state index contributed by atoms with van der Waals surface area (Å²) < 4.78 is 11.1. The van der Waals surface area contributed by atoms with E-state index in [1.165, 1.54) is 0 Å². The second-order valence-corrected chi connectivity index (χ2v) is 3.64. The van der Waals surface area contributed by atoms with Gasteiger partial charge in [-0.15, -0.1) is 0 Å². The average molecular weight is 223 g/mol. The van der Waals surface area contributed by atoms with E-state index in [4.69, 9.17) is 15.2 Å². The first-order valence-electron chi connectivity index (χ1n) is 5.91. The maximum atomic E-state index is 5.71. The molecule has 0 spiro atoms. The molecule has 3 heteroatoms. The molecular weight excluding hydrogens is 202 g/mol. The highest BCUT2D eigenvalue weighted by Gasteiger charge is 2.09. The number of benzene rings is 1. The van der Waals surface area contributed by atoms with Crippen molar-refractivity contribution in [2.75, 3.05) is 13.3 Å². The van der Waals surface area contributed by atoms with E-state index in [0.717, 1.165) is 42.9 Å². The SMILES string of the molecule is CCCOc1cccc(OCN)c1CCC. The van der Waals surface area contributed by atoms with Crippen LogP contribution in [0.25, 0.3) is 0 Å². The zero-order valence-corrected chi connectivity index (χ0v) is 10.2. The number of ether oxygens (including phenoxy) is 2. The average Bonchev–Trinajstić information content (AvgIpc) is 2.30. The fourth-order valence-corrected chi connectivity index (χ4v) is 1.61. The molecule has 16 heavy (non-hydrogen) atoms. The van der Waals surface area contributed by atoms with E-state index in [2.05, 4.69) is 13.8 Å². The molecule has 0 heterocycles. The highest BCUT2D eigenvalue weighted by atomic mass is 16.5. The van der Waals surface area contributed by atoms with Crippen LogP contribution in [0.4, 0.5) is 0 Å². The molecule has 0 aliphatic rings. The first kappa shape index (κ1) is 12.8. The summed E-state index contributed by atoms with van der Waals surface area (Å²) in [5, 5.41) is 0. The van der Waals surface area contributed by atoms with Crippen molar-refractivity contribution in [2.24, 2.45) is 5.73 Å². The molecule has 0 atom stereocenters. The lowest BCUT2D eigenvalue weighted by molar-refractivity contribution is 0.300. The van der Waals surface area contributed by atoms with Gasteiger partial charge >= 0.3 is 0 Å². The molecule has 0 aliphatic heterocycles. The number of nitrogens with two attached hydrogens (primary N) is 1. The molecule has 0 radical (unpaired) electrons. The zero-order chi connectivity index (χ0) is 11.8. The summed E-state index contributed by atoms with van der Waals surface area (Å²) in [6, 6.07) is 5.87. The quantitative estimate of drug-likeness (QED) is 0.723. The van der Waals surface area contributed by atoms with E-state index in [1.807, 2.05) is 18.2 Å². The highest BCUT2D eigenvalue weighted by molar-refractivity contribution is 5.44. The minimum absolute atomic E-state index is 0.202. The third-order valence-corrected chi connectivity index (χ3v) is 2.29. The van der Waals surface area contributed by atoms with Gasteiger partial charge in [-0.2, -0.15) is 0 Å². The molecule has 0 unspecified atom stereocenters. The normalized spacial score (nSPS) is 10.2. The molecule has 1 rings (SSSR count). The van der Waals surface area contributed by atoms with Gasteiger partial charge in [0.2, 0.25) is 0 Å². The molecule has 0 aromatic heterocycles. The third kappa shape index (κ3) is 3.42. The Balaban J connectivity index is 2.90. The van der Waals surface area contributed by atoms with Crippen LogP contribution in [0.2, 0.25) is 0 Å². The summed E-state index contributed by atoms with van der Waals surface area (Å²) in [4.78, 5) is 0. The Morgan fingerprint density at radius 1 is 1.06 bits per heavy atom. The third-order valence-electron chi connectivity index (χ3n) is 2.29. The fourth-order valence-electron chi connectivity index (χ4n) is 1.61. The van der Waals surface area contributed by atoms with Crippen LogP contribution < -0.4 is 15.2 Å². The Morgan fingerprint density at radius 2 is 1.75 bits per heavy atom. The van der Waals surface area contributed by atoms with Crippen molar-refractivity contribution in [3.8, 4) is 11.5 Å². The smallest absolute Gasteiger partial charge is 0.137 e. The van der Waals surface area contributed by atoms with Crippen molar-refractivity contribution in [2.45, 2.75) is 33.1 Å². The Bertz CT molecular complexity index is 313. The van der Waals surface area contributed by atoms with Gasteiger partial charge in [-0.3, -0.25) is 5.73 Å². The summed E-state index contributed by atoms with van der Waals surface area (Å²) in [6.45, 7) is 5.18. The summed E-state index contributed by atoms with van der Waals surface area (Å²) in [5.74, 6) is 1.77. The molecule has 0 saturated heterocycles.